The third-order valence-electron chi connectivity index (χ3n) is 5.77. The summed E-state index contributed by atoms with van der Waals surface area (Å²) in [4.78, 5) is 0. The molecule has 5 N–H and O–H groups in total. The van der Waals surface area contributed by atoms with Gasteiger partial charge < -0.3 is 35.5 Å². The van der Waals surface area contributed by atoms with Gasteiger partial charge in [-0.2, -0.15) is 0 Å². The average molecular weight is 589 g/mol. The molecule has 1 aliphatic rings. The molecule has 232 valence electrons. The van der Waals surface area contributed by atoms with Gasteiger partial charge in [0, 0.05) is 24.5 Å². The Morgan fingerprint density at radius 3 is 1.67 bits per heavy atom. The number of aliphatic hydroxyl groups is 2. The summed E-state index contributed by atoms with van der Waals surface area (Å²) in [5.41, 5.74) is 12.3. The molecular weight excluding hydrogens is 540 g/mol. The molecule has 1 saturated heterocycles. The van der Waals surface area contributed by atoms with Gasteiger partial charge in [-0.3, -0.25) is 0 Å². The number of para-hydroxylation sites is 2. The van der Waals surface area contributed by atoms with E-state index in [1.807, 2.05) is 86.6 Å². The molecular formula is C36H48N2O5. The van der Waals surface area contributed by atoms with E-state index in [0.29, 0.717) is 19.3 Å². The van der Waals surface area contributed by atoms with E-state index in [2.05, 4.69) is 43.4 Å². The lowest BCUT2D eigenvalue weighted by atomic mass is 10.1. The zero-order chi connectivity index (χ0) is 31.5. The minimum atomic E-state index is -0.545. The maximum atomic E-state index is 9.92. The summed E-state index contributed by atoms with van der Waals surface area (Å²) < 4.78 is 15.9. The molecule has 43 heavy (non-hydrogen) atoms. The van der Waals surface area contributed by atoms with Crippen molar-refractivity contribution in [1.29, 1.82) is 0 Å². The number of rotatable bonds is 9. The molecule has 5 rings (SSSR count). The number of aliphatic hydroxyl groups excluding tert-OH is 2. The fourth-order valence-corrected chi connectivity index (χ4v) is 3.96. The zero-order valence-electron chi connectivity index (χ0n) is 26.1. The molecule has 4 aromatic rings. The SMILES string of the molecule is CCO.Cc1cc(C)cc(N)c1.Cc1cc(C)cc(NCC(O)COc2ccccc2)c1.c1ccc(OCC2CO2)cc1. The second-order valence-electron chi connectivity index (χ2n) is 10.4. The van der Waals surface area contributed by atoms with Gasteiger partial charge in [0.05, 0.1) is 6.61 Å². The van der Waals surface area contributed by atoms with E-state index in [4.69, 9.17) is 25.1 Å². The van der Waals surface area contributed by atoms with Crippen LogP contribution in [0.15, 0.2) is 97.1 Å². The van der Waals surface area contributed by atoms with E-state index >= 15 is 0 Å². The van der Waals surface area contributed by atoms with Crippen molar-refractivity contribution in [3.05, 3.63) is 119 Å². The molecule has 0 spiro atoms. The number of nitrogens with two attached hydrogens (primary N) is 1. The fourth-order valence-electron chi connectivity index (χ4n) is 3.96. The predicted octanol–water partition coefficient (Wildman–Crippen LogP) is 6.50. The first-order valence-electron chi connectivity index (χ1n) is 14.6. The van der Waals surface area contributed by atoms with Gasteiger partial charge in [-0.15, -0.1) is 0 Å². The van der Waals surface area contributed by atoms with Crippen LogP contribution in [0.1, 0.15) is 29.2 Å². The highest BCUT2D eigenvalue weighted by atomic mass is 16.6. The van der Waals surface area contributed by atoms with Crippen molar-refractivity contribution in [2.45, 2.75) is 46.8 Å². The van der Waals surface area contributed by atoms with Gasteiger partial charge in [0.2, 0.25) is 0 Å². The highest BCUT2D eigenvalue weighted by Crippen LogP contribution is 2.15. The van der Waals surface area contributed by atoms with Crippen LogP contribution >= 0.6 is 0 Å². The largest absolute Gasteiger partial charge is 0.491 e. The normalized spacial score (nSPS) is 13.4. The first kappa shape index (κ1) is 35.2. The molecule has 7 heteroatoms. The van der Waals surface area contributed by atoms with E-state index in [1.165, 1.54) is 22.3 Å². The summed E-state index contributed by atoms with van der Waals surface area (Å²) in [5.74, 6) is 1.70. The minimum Gasteiger partial charge on any atom is -0.491 e. The maximum absolute atomic E-state index is 9.92. The van der Waals surface area contributed by atoms with Crippen LogP contribution in [0.5, 0.6) is 11.5 Å². The summed E-state index contributed by atoms with van der Waals surface area (Å²) in [7, 11) is 0. The summed E-state index contributed by atoms with van der Waals surface area (Å²) in [6.45, 7) is 12.4. The Morgan fingerprint density at radius 1 is 0.791 bits per heavy atom. The molecule has 0 amide bonds. The topological polar surface area (TPSA) is 110 Å². The van der Waals surface area contributed by atoms with Crippen molar-refractivity contribution in [2.75, 3.05) is 44.0 Å². The van der Waals surface area contributed by atoms with Crippen LogP contribution in [0.3, 0.4) is 0 Å². The highest BCUT2D eigenvalue weighted by molar-refractivity contribution is 5.48. The van der Waals surface area contributed by atoms with E-state index in [9.17, 15) is 5.11 Å². The van der Waals surface area contributed by atoms with Gasteiger partial charge in [0.25, 0.3) is 0 Å². The second kappa shape index (κ2) is 20.0. The number of epoxide rings is 1. The Morgan fingerprint density at radius 2 is 1.23 bits per heavy atom. The Kier molecular flexibility index (Phi) is 16.3. The van der Waals surface area contributed by atoms with E-state index in [0.717, 1.165) is 29.5 Å². The van der Waals surface area contributed by atoms with Gasteiger partial charge >= 0.3 is 0 Å². The standard InChI is InChI=1S/C17H21NO2.C9H10O2.C8H11N.C2H6O/c1-13-8-14(2)10-15(9-13)18-11-16(19)12-20-17-6-4-3-5-7-17;1-2-4-8(5-3-1)10-6-9-7-11-9;1-6-3-7(2)5-8(9)4-6;1-2-3/h3-10,16,18-19H,11-12H2,1-2H3;1-5,9H,6-7H2;3-5H,9H2,1-2H3;3H,2H2,1H3. The molecule has 2 atom stereocenters. The highest BCUT2D eigenvalue weighted by Gasteiger charge is 2.22. The zero-order valence-corrected chi connectivity index (χ0v) is 26.1. The van der Waals surface area contributed by atoms with Gasteiger partial charge in [-0.05, 0) is 105 Å². The number of anilines is 2. The number of aryl methyl sites for hydroxylation is 4. The van der Waals surface area contributed by atoms with Crippen LogP contribution in [0.4, 0.5) is 11.4 Å². The Bertz CT molecular complexity index is 1230. The molecule has 0 bridgehead atoms. The molecule has 0 radical (unpaired) electrons. The van der Waals surface area contributed by atoms with E-state index in [1.54, 1.807) is 6.92 Å². The lowest BCUT2D eigenvalue weighted by Crippen LogP contribution is -2.26. The van der Waals surface area contributed by atoms with Crippen LogP contribution < -0.4 is 20.5 Å². The molecule has 0 aliphatic carbocycles. The fraction of sp³-hybridized carbons (Fsp3) is 0.333. The van der Waals surface area contributed by atoms with Crippen LogP contribution in [0.25, 0.3) is 0 Å². The molecule has 4 aromatic carbocycles. The van der Waals surface area contributed by atoms with Crippen molar-refractivity contribution in [2.24, 2.45) is 0 Å². The van der Waals surface area contributed by atoms with Gasteiger partial charge in [0.1, 0.15) is 36.9 Å². The average Bonchev–Trinajstić information content (AvgIpc) is 3.80. The molecule has 7 nitrogen and oxygen atoms in total. The van der Waals surface area contributed by atoms with E-state index in [-0.39, 0.29) is 13.2 Å². The maximum Gasteiger partial charge on any atom is 0.119 e. The Labute approximate surface area is 257 Å². The van der Waals surface area contributed by atoms with E-state index < -0.39 is 6.10 Å². The number of ether oxygens (including phenoxy) is 3. The second-order valence-corrected chi connectivity index (χ2v) is 10.4. The van der Waals surface area contributed by atoms with Crippen molar-refractivity contribution < 1.29 is 24.4 Å². The monoisotopic (exact) mass is 588 g/mol. The number of nitrogens with one attached hydrogen (secondary N) is 1. The Balaban J connectivity index is 0.000000235. The Hall–Kier alpha value is -4.04. The quantitative estimate of drug-likeness (QED) is 0.130. The van der Waals surface area contributed by atoms with Crippen LogP contribution in [0, 0.1) is 27.7 Å². The third-order valence-corrected chi connectivity index (χ3v) is 5.77. The number of hydrogen-bond acceptors (Lipinski definition) is 7. The smallest absolute Gasteiger partial charge is 0.119 e. The predicted molar refractivity (Wildman–Crippen MR) is 177 cm³/mol. The van der Waals surface area contributed by atoms with Crippen molar-refractivity contribution in [3.63, 3.8) is 0 Å². The van der Waals surface area contributed by atoms with Crippen molar-refractivity contribution in [1.82, 2.24) is 0 Å². The first-order valence-corrected chi connectivity index (χ1v) is 14.6. The van der Waals surface area contributed by atoms with Crippen LogP contribution in [0.2, 0.25) is 0 Å². The number of benzene rings is 4. The summed E-state index contributed by atoms with van der Waals surface area (Å²) in [5, 5.41) is 20.7. The molecule has 0 aromatic heterocycles. The number of hydrogen-bond donors (Lipinski definition) is 4. The lowest BCUT2D eigenvalue weighted by molar-refractivity contribution is 0.117. The molecule has 1 aliphatic heterocycles. The first-order chi connectivity index (χ1) is 20.7. The summed E-state index contributed by atoms with van der Waals surface area (Å²) in [6, 6.07) is 31.6. The van der Waals surface area contributed by atoms with Gasteiger partial charge in [0.15, 0.2) is 0 Å². The lowest BCUT2D eigenvalue weighted by Gasteiger charge is -2.14. The van der Waals surface area contributed by atoms with Crippen molar-refractivity contribution in [3.8, 4) is 11.5 Å². The molecule has 0 saturated carbocycles. The van der Waals surface area contributed by atoms with Crippen LogP contribution in [-0.2, 0) is 4.74 Å². The van der Waals surface area contributed by atoms with Gasteiger partial charge in [-0.1, -0.05) is 48.5 Å². The summed E-state index contributed by atoms with van der Waals surface area (Å²) in [6.07, 6.45) is -0.203. The van der Waals surface area contributed by atoms with Crippen LogP contribution in [-0.4, -0.2) is 55.4 Å². The minimum absolute atomic E-state index is 0.250. The van der Waals surface area contributed by atoms with Gasteiger partial charge in [-0.25, -0.2) is 0 Å². The molecule has 1 fully saturated rings. The molecule has 2 unspecified atom stereocenters. The summed E-state index contributed by atoms with van der Waals surface area (Å²) >= 11 is 0. The molecule has 1 heterocycles. The van der Waals surface area contributed by atoms with Crippen molar-refractivity contribution >= 4 is 11.4 Å². The number of nitrogen functional groups attached to an aromatic ring is 1. The third kappa shape index (κ3) is 16.9.